The van der Waals surface area contributed by atoms with Gasteiger partial charge in [-0.2, -0.15) is 5.26 Å². The fraction of sp³-hybridized carbons (Fsp3) is 0.100. The van der Waals surface area contributed by atoms with Crippen LogP contribution in [0.15, 0.2) is 17.5 Å². The van der Waals surface area contributed by atoms with Gasteiger partial charge in [-0.05, 0) is 23.1 Å². The Balaban J connectivity index is 2.76. The summed E-state index contributed by atoms with van der Waals surface area (Å²) in [6.07, 6.45) is 0.227. The van der Waals surface area contributed by atoms with Gasteiger partial charge in [-0.25, -0.2) is 0 Å². The second kappa shape index (κ2) is 3.20. The van der Waals surface area contributed by atoms with Gasteiger partial charge < -0.3 is 10.8 Å². The standard InChI is InChI=1S/C10H8N2OS/c11-3-1-6-5-8(13)10-7(9(6)12)2-4-14-10/h2,4-5,13H,1,12H2. The highest BCUT2D eigenvalue weighted by atomic mass is 32.1. The summed E-state index contributed by atoms with van der Waals surface area (Å²) in [6, 6.07) is 5.45. The molecule has 4 heteroatoms. The first-order valence-corrected chi connectivity index (χ1v) is 4.96. The van der Waals surface area contributed by atoms with Gasteiger partial charge in [-0.3, -0.25) is 0 Å². The molecule has 3 nitrogen and oxygen atoms in total. The normalized spacial score (nSPS) is 10.2. The molecule has 0 fully saturated rings. The second-order valence-electron chi connectivity index (χ2n) is 2.97. The van der Waals surface area contributed by atoms with Crippen molar-refractivity contribution in [2.45, 2.75) is 6.42 Å². The Bertz CT molecular complexity index is 525. The van der Waals surface area contributed by atoms with Crippen molar-refractivity contribution in [1.29, 1.82) is 5.26 Å². The molecular formula is C10H8N2OS. The van der Waals surface area contributed by atoms with E-state index in [9.17, 15) is 5.11 Å². The number of nitriles is 1. The van der Waals surface area contributed by atoms with Crippen LogP contribution in [-0.4, -0.2) is 5.11 Å². The van der Waals surface area contributed by atoms with Crippen LogP contribution >= 0.6 is 11.3 Å². The summed E-state index contributed by atoms with van der Waals surface area (Å²) in [5.41, 5.74) is 7.15. The number of hydrogen-bond acceptors (Lipinski definition) is 4. The van der Waals surface area contributed by atoms with Gasteiger partial charge in [0.1, 0.15) is 5.75 Å². The maximum Gasteiger partial charge on any atom is 0.133 e. The van der Waals surface area contributed by atoms with E-state index in [0.29, 0.717) is 11.3 Å². The van der Waals surface area contributed by atoms with Crippen LogP contribution in [0, 0.1) is 11.3 Å². The third-order valence-corrected chi connectivity index (χ3v) is 3.05. The van der Waals surface area contributed by atoms with Gasteiger partial charge in [-0.15, -0.1) is 11.3 Å². The largest absolute Gasteiger partial charge is 0.506 e. The number of aromatic hydroxyl groups is 1. The van der Waals surface area contributed by atoms with E-state index in [1.54, 1.807) is 6.07 Å². The maximum absolute atomic E-state index is 9.64. The average Bonchev–Trinajstić information content (AvgIpc) is 2.63. The molecule has 1 heterocycles. The molecule has 0 amide bonds. The van der Waals surface area contributed by atoms with Crippen molar-refractivity contribution in [3.63, 3.8) is 0 Å². The van der Waals surface area contributed by atoms with Crippen LogP contribution in [0.3, 0.4) is 0 Å². The Hall–Kier alpha value is -1.73. The van der Waals surface area contributed by atoms with Gasteiger partial charge in [0.25, 0.3) is 0 Å². The Morgan fingerprint density at radius 2 is 2.36 bits per heavy atom. The van der Waals surface area contributed by atoms with Crippen molar-refractivity contribution in [3.8, 4) is 11.8 Å². The number of nitrogen functional groups attached to an aromatic ring is 1. The third kappa shape index (κ3) is 1.19. The molecule has 0 aliphatic rings. The highest BCUT2D eigenvalue weighted by Crippen LogP contribution is 2.36. The molecular weight excluding hydrogens is 196 g/mol. The van der Waals surface area contributed by atoms with E-state index in [2.05, 4.69) is 0 Å². The topological polar surface area (TPSA) is 70.0 Å². The number of nitrogens with zero attached hydrogens (tertiary/aromatic N) is 1. The molecule has 0 radical (unpaired) electrons. The molecule has 70 valence electrons. The maximum atomic E-state index is 9.64. The summed E-state index contributed by atoms with van der Waals surface area (Å²) in [5, 5.41) is 20.9. The molecule has 14 heavy (non-hydrogen) atoms. The third-order valence-electron chi connectivity index (χ3n) is 2.11. The van der Waals surface area contributed by atoms with Crippen LogP contribution < -0.4 is 5.73 Å². The number of rotatable bonds is 1. The summed E-state index contributed by atoms with van der Waals surface area (Å²) < 4.78 is 0.782. The first-order chi connectivity index (χ1) is 6.74. The van der Waals surface area contributed by atoms with Crippen LogP contribution in [0.5, 0.6) is 5.75 Å². The van der Waals surface area contributed by atoms with Crippen molar-refractivity contribution < 1.29 is 5.11 Å². The second-order valence-corrected chi connectivity index (χ2v) is 3.88. The van der Waals surface area contributed by atoms with E-state index in [0.717, 1.165) is 10.1 Å². The summed E-state index contributed by atoms with van der Waals surface area (Å²) in [5.74, 6) is 0.203. The van der Waals surface area contributed by atoms with Gasteiger partial charge in [0.15, 0.2) is 0 Å². The molecule has 3 N–H and O–H groups in total. The van der Waals surface area contributed by atoms with Crippen LogP contribution in [0.4, 0.5) is 5.69 Å². The zero-order valence-corrected chi connectivity index (χ0v) is 8.14. The van der Waals surface area contributed by atoms with E-state index in [4.69, 9.17) is 11.0 Å². The Morgan fingerprint density at radius 3 is 3.07 bits per heavy atom. The predicted molar refractivity (Wildman–Crippen MR) is 57.2 cm³/mol. The lowest BCUT2D eigenvalue weighted by atomic mass is 10.1. The highest BCUT2D eigenvalue weighted by Gasteiger charge is 2.09. The lowest BCUT2D eigenvalue weighted by molar-refractivity contribution is 0.482. The minimum Gasteiger partial charge on any atom is -0.506 e. The lowest BCUT2D eigenvalue weighted by Crippen LogP contribution is -1.93. The Kier molecular flexibility index (Phi) is 2.02. The predicted octanol–water partition coefficient (Wildman–Crippen LogP) is 2.26. The molecule has 0 spiro atoms. The van der Waals surface area contributed by atoms with Gasteiger partial charge in [0, 0.05) is 11.1 Å². The molecule has 0 bridgehead atoms. The van der Waals surface area contributed by atoms with Crippen molar-refractivity contribution in [2.75, 3.05) is 5.73 Å². The molecule has 1 aromatic carbocycles. The number of fused-ring (bicyclic) bond motifs is 1. The number of thiophene rings is 1. The first kappa shape index (κ1) is 8.85. The molecule has 0 saturated heterocycles. The van der Waals surface area contributed by atoms with Crippen molar-refractivity contribution in [3.05, 3.63) is 23.1 Å². The van der Waals surface area contributed by atoms with Crippen LogP contribution in [-0.2, 0) is 6.42 Å². The molecule has 2 rings (SSSR count). The Labute approximate surface area is 85.0 Å². The van der Waals surface area contributed by atoms with Gasteiger partial charge in [-0.1, -0.05) is 0 Å². The summed E-state index contributed by atoms with van der Waals surface area (Å²) in [4.78, 5) is 0. The monoisotopic (exact) mass is 204 g/mol. The molecule has 1 aromatic heterocycles. The van der Waals surface area contributed by atoms with E-state index in [-0.39, 0.29) is 12.2 Å². The minimum absolute atomic E-state index is 0.203. The molecule has 0 aliphatic heterocycles. The molecule has 0 aliphatic carbocycles. The quantitative estimate of drug-likeness (QED) is 0.553. The lowest BCUT2D eigenvalue weighted by Gasteiger charge is -2.04. The number of anilines is 1. The summed E-state index contributed by atoms with van der Waals surface area (Å²) in [7, 11) is 0. The van der Waals surface area contributed by atoms with E-state index in [1.165, 1.54) is 11.3 Å². The number of hydrogen-bond donors (Lipinski definition) is 2. The molecule has 2 aromatic rings. The van der Waals surface area contributed by atoms with Crippen LogP contribution in [0.2, 0.25) is 0 Å². The van der Waals surface area contributed by atoms with Crippen LogP contribution in [0.1, 0.15) is 5.56 Å². The van der Waals surface area contributed by atoms with E-state index < -0.39 is 0 Å². The SMILES string of the molecule is N#CCc1cc(O)c2sccc2c1N. The van der Waals surface area contributed by atoms with Gasteiger partial charge in [0.2, 0.25) is 0 Å². The van der Waals surface area contributed by atoms with Crippen molar-refractivity contribution in [1.82, 2.24) is 0 Å². The number of benzene rings is 1. The zero-order chi connectivity index (χ0) is 10.1. The fourth-order valence-corrected chi connectivity index (χ4v) is 2.26. The van der Waals surface area contributed by atoms with Crippen molar-refractivity contribution in [2.24, 2.45) is 0 Å². The average molecular weight is 204 g/mol. The number of nitrogens with two attached hydrogens (primary N) is 1. The van der Waals surface area contributed by atoms with Crippen molar-refractivity contribution >= 4 is 27.1 Å². The van der Waals surface area contributed by atoms with E-state index in [1.807, 2.05) is 17.5 Å². The van der Waals surface area contributed by atoms with Gasteiger partial charge >= 0.3 is 0 Å². The fourth-order valence-electron chi connectivity index (χ4n) is 1.43. The molecule has 0 unspecified atom stereocenters. The van der Waals surface area contributed by atoms with Gasteiger partial charge in [0.05, 0.1) is 17.2 Å². The summed E-state index contributed by atoms with van der Waals surface area (Å²) >= 11 is 1.44. The smallest absolute Gasteiger partial charge is 0.133 e. The number of phenols is 1. The zero-order valence-electron chi connectivity index (χ0n) is 7.32. The molecule has 0 saturated carbocycles. The molecule has 0 atom stereocenters. The summed E-state index contributed by atoms with van der Waals surface area (Å²) in [6.45, 7) is 0. The minimum atomic E-state index is 0.203. The Morgan fingerprint density at radius 1 is 1.57 bits per heavy atom. The number of phenolic OH excluding ortho intramolecular Hbond substituents is 1. The highest BCUT2D eigenvalue weighted by molar-refractivity contribution is 7.17. The van der Waals surface area contributed by atoms with Crippen LogP contribution in [0.25, 0.3) is 10.1 Å². The first-order valence-electron chi connectivity index (χ1n) is 4.08. The van der Waals surface area contributed by atoms with E-state index >= 15 is 0 Å².